The van der Waals surface area contributed by atoms with E-state index in [0.717, 1.165) is 14.9 Å². The summed E-state index contributed by atoms with van der Waals surface area (Å²) < 4.78 is 2.47. The summed E-state index contributed by atoms with van der Waals surface area (Å²) in [6.45, 7) is 0.483. The Balaban J connectivity index is 1.65. The quantitative estimate of drug-likeness (QED) is 0.800. The molecule has 0 bridgehead atoms. The van der Waals surface area contributed by atoms with E-state index in [2.05, 4.69) is 10.4 Å². The Morgan fingerprint density at radius 1 is 1.24 bits per heavy atom. The monoisotopic (exact) mass is 317 g/mol. The minimum atomic E-state index is -0.105. The molecule has 0 atom stereocenters. The molecule has 0 saturated heterocycles. The van der Waals surface area contributed by atoms with Gasteiger partial charge in [0, 0.05) is 22.8 Å². The number of hydrogen-bond acceptors (Lipinski definition) is 3. The molecule has 0 aliphatic rings. The van der Waals surface area contributed by atoms with E-state index in [0.29, 0.717) is 12.1 Å². The zero-order chi connectivity index (χ0) is 14.7. The average Bonchev–Trinajstić information content (AvgIpc) is 3.16. The first-order valence-electron chi connectivity index (χ1n) is 6.35. The highest BCUT2D eigenvalue weighted by Crippen LogP contribution is 2.21. The molecule has 0 radical (unpaired) electrons. The van der Waals surface area contributed by atoms with Gasteiger partial charge in [-0.25, -0.2) is 4.68 Å². The summed E-state index contributed by atoms with van der Waals surface area (Å²) in [5, 5.41) is 7.02. The molecule has 3 aromatic rings. The van der Waals surface area contributed by atoms with E-state index in [4.69, 9.17) is 11.6 Å². The predicted octanol–water partition coefficient (Wildman–Crippen LogP) is 3.52. The molecule has 2 heterocycles. The lowest BCUT2D eigenvalue weighted by Gasteiger charge is -2.05. The number of nitrogens with one attached hydrogen (secondary N) is 1. The SMILES string of the molecule is O=C(NCc1ccc(Cl)s1)c1ccc(-n2cccn2)cc1. The molecule has 0 unspecified atom stereocenters. The third-order valence-electron chi connectivity index (χ3n) is 2.95. The van der Waals surface area contributed by atoms with Gasteiger partial charge >= 0.3 is 0 Å². The Morgan fingerprint density at radius 3 is 2.67 bits per heavy atom. The summed E-state index contributed by atoms with van der Waals surface area (Å²) in [7, 11) is 0. The number of benzene rings is 1. The Hall–Kier alpha value is -2.11. The summed E-state index contributed by atoms with van der Waals surface area (Å²) in [6, 6.07) is 12.9. The van der Waals surface area contributed by atoms with Crippen molar-refractivity contribution in [2.24, 2.45) is 0 Å². The Bertz CT molecular complexity index is 735. The van der Waals surface area contributed by atoms with Crippen LogP contribution < -0.4 is 5.32 Å². The normalized spacial score (nSPS) is 10.5. The van der Waals surface area contributed by atoms with Crippen LogP contribution in [0, 0.1) is 0 Å². The number of hydrogen-bond donors (Lipinski definition) is 1. The number of carbonyl (C=O) groups excluding carboxylic acids is 1. The Morgan fingerprint density at radius 2 is 2.05 bits per heavy atom. The zero-order valence-corrected chi connectivity index (χ0v) is 12.6. The summed E-state index contributed by atoms with van der Waals surface area (Å²) in [5.74, 6) is -0.105. The van der Waals surface area contributed by atoms with Crippen molar-refractivity contribution < 1.29 is 4.79 Å². The minimum absolute atomic E-state index is 0.105. The largest absolute Gasteiger partial charge is 0.347 e. The fourth-order valence-electron chi connectivity index (χ4n) is 1.90. The molecule has 0 aliphatic carbocycles. The van der Waals surface area contributed by atoms with Gasteiger partial charge in [-0.3, -0.25) is 4.79 Å². The first-order valence-corrected chi connectivity index (χ1v) is 7.54. The molecule has 21 heavy (non-hydrogen) atoms. The summed E-state index contributed by atoms with van der Waals surface area (Å²) in [6.07, 6.45) is 3.57. The molecule has 0 spiro atoms. The van der Waals surface area contributed by atoms with Gasteiger partial charge in [-0.15, -0.1) is 11.3 Å². The van der Waals surface area contributed by atoms with E-state index in [-0.39, 0.29) is 5.91 Å². The molecule has 4 nitrogen and oxygen atoms in total. The lowest BCUT2D eigenvalue weighted by atomic mass is 10.2. The standard InChI is InChI=1S/C15H12ClN3OS/c16-14-7-6-13(21-14)10-17-15(20)11-2-4-12(5-3-11)19-9-1-8-18-19/h1-9H,10H2,(H,17,20). The molecular weight excluding hydrogens is 306 g/mol. The van der Waals surface area contributed by atoms with Crippen LogP contribution in [0.15, 0.2) is 54.9 Å². The zero-order valence-electron chi connectivity index (χ0n) is 11.0. The topological polar surface area (TPSA) is 46.9 Å². The van der Waals surface area contributed by atoms with Crippen molar-refractivity contribution in [3.63, 3.8) is 0 Å². The first kappa shape index (κ1) is 13.9. The van der Waals surface area contributed by atoms with Crippen LogP contribution in [0.4, 0.5) is 0 Å². The lowest BCUT2D eigenvalue weighted by Crippen LogP contribution is -2.22. The van der Waals surface area contributed by atoms with Crippen molar-refractivity contribution in [3.8, 4) is 5.69 Å². The van der Waals surface area contributed by atoms with Crippen LogP contribution in [0.3, 0.4) is 0 Å². The molecule has 106 valence electrons. The van der Waals surface area contributed by atoms with Crippen molar-refractivity contribution in [1.29, 1.82) is 0 Å². The van der Waals surface area contributed by atoms with Gasteiger partial charge in [-0.2, -0.15) is 5.10 Å². The van der Waals surface area contributed by atoms with Gasteiger partial charge in [0.2, 0.25) is 0 Å². The van der Waals surface area contributed by atoms with Crippen LogP contribution in [0.2, 0.25) is 4.34 Å². The van der Waals surface area contributed by atoms with Crippen molar-refractivity contribution >= 4 is 28.8 Å². The van der Waals surface area contributed by atoms with E-state index < -0.39 is 0 Å². The van der Waals surface area contributed by atoms with Crippen LogP contribution in [0.1, 0.15) is 15.2 Å². The number of thiophene rings is 1. The van der Waals surface area contributed by atoms with Gasteiger partial charge in [0.05, 0.1) is 16.6 Å². The van der Waals surface area contributed by atoms with Crippen LogP contribution in [0.25, 0.3) is 5.69 Å². The average molecular weight is 318 g/mol. The predicted molar refractivity (Wildman–Crippen MR) is 84.1 cm³/mol. The van der Waals surface area contributed by atoms with Crippen molar-refractivity contribution in [1.82, 2.24) is 15.1 Å². The van der Waals surface area contributed by atoms with E-state index >= 15 is 0 Å². The van der Waals surface area contributed by atoms with Gasteiger partial charge in [0.1, 0.15) is 0 Å². The van der Waals surface area contributed by atoms with Crippen LogP contribution >= 0.6 is 22.9 Å². The second-order valence-corrected chi connectivity index (χ2v) is 6.19. The minimum Gasteiger partial charge on any atom is -0.347 e. The van der Waals surface area contributed by atoms with E-state index in [1.165, 1.54) is 11.3 Å². The number of rotatable bonds is 4. The molecular formula is C15H12ClN3OS. The van der Waals surface area contributed by atoms with Crippen LogP contribution in [0.5, 0.6) is 0 Å². The van der Waals surface area contributed by atoms with E-state index in [9.17, 15) is 4.79 Å². The van der Waals surface area contributed by atoms with Gasteiger partial charge < -0.3 is 5.32 Å². The first-order chi connectivity index (χ1) is 10.2. The fraction of sp³-hybridized carbons (Fsp3) is 0.0667. The second-order valence-electron chi connectivity index (χ2n) is 4.39. The second kappa shape index (κ2) is 6.11. The molecule has 0 saturated carbocycles. The third-order valence-corrected chi connectivity index (χ3v) is 4.18. The van der Waals surface area contributed by atoms with Crippen molar-refractivity contribution in [2.45, 2.75) is 6.54 Å². The van der Waals surface area contributed by atoms with Crippen LogP contribution in [-0.2, 0) is 6.54 Å². The molecule has 0 fully saturated rings. The molecule has 3 rings (SSSR count). The van der Waals surface area contributed by atoms with E-state index in [1.807, 2.05) is 36.5 Å². The molecule has 0 aliphatic heterocycles. The van der Waals surface area contributed by atoms with Crippen LogP contribution in [-0.4, -0.2) is 15.7 Å². The number of aromatic nitrogens is 2. The highest BCUT2D eigenvalue weighted by Gasteiger charge is 2.06. The number of amides is 1. The number of nitrogens with zero attached hydrogens (tertiary/aromatic N) is 2. The maximum Gasteiger partial charge on any atom is 0.251 e. The highest BCUT2D eigenvalue weighted by molar-refractivity contribution is 7.16. The highest BCUT2D eigenvalue weighted by atomic mass is 35.5. The molecule has 1 amide bonds. The Labute approximate surface area is 131 Å². The summed E-state index contributed by atoms with van der Waals surface area (Å²) in [4.78, 5) is 13.1. The van der Waals surface area contributed by atoms with Crippen molar-refractivity contribution in [3.05, 3.63) is 69.6 Å². The van der Waals surface area contributed by atoms with Crippen molar-refractivity contribution in [2.75, 3.05) is 0 Å². The summed E-state index contributed by atoms with van der Waals surface area (Å²) in [5.41, 5.74) is 1.54. The van der Waals surface area contributed by atoms with Gasteiger partial charge in [-0.05, 0) is 42.5 Å². The molecule has 6 heteroatoms. The number of carbonyl (C=O) groups is 1. The van der Waals surface area contributed by atoms with Gasteiger partial charge in [0.15, 0.2) is 0 Å². The maximum atomic E-state index is 12.1. The maximum absolute atomic E-state index is 12.1. The van der Waals surface area contributed by atoms with Gasteiger partial charge in [0.25, 0.3) is 5.91 Å². The summed E-state index contributed by atoms with van der Waals surface area (Å²) >= 11 is 7.32. The molecule has 2 aromatic heterocycles. The lowest BCUT2D eigenvalue weighted by molar-refractivity contribution is 0.0951. The van der Waals surface area contributed by atoms with E-state index in [1.54, 1.807) is 23.0 Å². The Kier molecular flexibility index (Phi) is 4.03. The smallest absolute Gasteiger partial charge is 0.251 e. The molecule has 1 N–H and O–H groups in total. The van der Waals surface area contributed by atoms with Gasteiger partial charge in [-0.1, -0.05) is 11.6 Å². The fourth-order valence-corrected chi connectivity index (χ4v) is 2.93. The molecule has 1 aromatic carbocycles. The number of halogens is 1. The third kappa shape index (κ3) is 3.32.